The zero-order valence-electron chi connectivity index (χ0n) is 15.7. The summed E-state index contributed by atoms with van der Waals surface area (Å²) in [6.45, 7) is 1.83. The third-order valence-electron chi connectivity index (χ3n) is 5.79. The molecule has 1 fully saturated rings. The number of ether oxygens (including phenoxy) is 2. The number of fused-ring (bicyclic) bond motifs is 2. The first-order chi connectivity index (χ1) is 13.0. The van der Waals surface area contributed by atoms with Crippen molar-refractivity contribution in [3.63, 3.8) is 0 Å². The van der Waals surface area contributed by atoms with E-state index in [0.717, 1.165) is 25.0 Å². The van der Waals surface area contributed by atoms with E-state index in [1.165, 1.54) is 24.9 Å². The van der Waals surface area contributed by atoms with Crippen molar-refractivity contribution in [1.29, 1.82) is 0 Å². The summed E-state index contributed by atoms with van der Waals surface area (Å²) >= 11 is 0. The van der Waals surface area contributed by atoms with E-state index in [2.05, 4.69) is 4.98 Å². The summed E-state index contributed by atoms with van der Waals surface area (Å²) in [4.78, 5) is 19.9. The van der Waals surface area contributed by atoms with Crippen molar-refractivity contribution in [1.82, 2.24) is 14.5 Å². The highest BCUT2D eigenvalue weighted by Gasteiger charge is 2.48. The molecule has 0 bridgehead atoms. The molecule has 2 aromatic rings. The van der Waals surface area contributed by atoms with Gasteiger partial charge in [-0.1, -0.05) is 0 Å². The summed E-state index contributed by atoms with van der Waals surface area (Å²) in [6, 6.07) is 4.28. The molecule has 3 heterocycles. The average molecular weight is 373 g/mol. The van der Waals surface area contributed by atoms with Gasteiger partial charge in [-0.05, 0) is 31.0 Å². The number of imidazole rings is 1. The number of aromatic nitrogens is 2. The van der Waals surface area contributed by atoms with Gasteiger partial charge in [0.25, 0.3) is 0 Å². The van der Waals surface area contributed by atoms with Crippen molar-refractivity contribution in [2.75, 3.05) is 26.9 Å². The zero-order chi connectivity index (χ0) is 19.0. The number of hydrogen-bond donors (Lipinski definition) is 0. The number of halogens is 1. The second kappa shape index (κ2) is 6.96. The van der Waals surface area contributed by atoms with Crippen LogP contribution in [0.2, 0.25) is 0 Å². The Hall–Kier alpha value is -2.41. The number of hydrogen-bond acceptors (Lipinski definition) is 4. The van der Waals surface area contributed by atoms with Gasteiger partial charge < -0.3 is 18.9 Å². The van der Waals surface area contributed by atoms with Crippen LogP contribution in [-0.2, 0) is 35.0 Å². The Bertz CT molecular complexity index is 858. The molecule has 0 unspecified atom stereocenters. The minimum Gasteiger partial charge on any atom is -0.496 e. The molecule has 2 aliphatic rings. The lowest BCUT2D eigenvalue weighted by atomic mass is 9.80. The molecule has 1 aromatic heterocycles. The summed E-state index contributed by atoms with van der Waals surface area (Å²) in [5, 5.41) is 0. The quantitative estimate of drug-likeness (QED) is 0.828. The molecule has 0 saturated carbocycles. The van der Waals surface area contributed by atoms with E-state index in [0.29, 0.717) is 31.1 Å². The number of aryl methyl sites for hydroxylation is 1. The lowest BCUT2D eigenvalue weighted by molar-refractivity contribution is -0.143. The molecule has 27 heavy (non-hydrogen) atoms. The molecule has 1 amide bonds. The fourth-order valence-electron chi connectivity index (χ4n) is 4.42. The largest absolute Gasteiger partial charge is 0.496 e. The van der Waals surface area contributed by atoms with Crippen molar-refractivity contribution < 1.29 is 18.7 Å². The average Bonchev–Trinajstić information content (AvgIpc) is 3.05. The lowest BCUT2D eigenvalue weighted by Crippen LogP contribution is -2.56. The molecule has 1 saturated heterocycles. The van der Waals surface area contributed by atoms with Crippen LogP contribution < -0.4 is 4.74 Å². The van der Waals surface area contributed by atoms with Gasteiger partial charge in [-0.25, -0.2) is 9.37 Å². The maximum atomic E-state index is 13.7. The number of carbonyl (C=O) groups excluding carboxylic acids is 1. The summed E-state index contributed by atoms with van der Waals surface area (Å²) in [6.07, 6.45) is 4.14. The SMILES string of the molecule is COc1ccc(F)cc1CC(=O)N1CCc2c(ncn2C)C12CCOCC2. The maximum absolute atomic E-state index is 13.7. The molecule has 7 heteroatoms. The molecule has 0 atom stereocenters. The first-order valence-corrected chi connectivity index (χ1v) is 9.26. The minimum atomic E-state index is -0.440. The van der Waals surface area contributed by atoms with E-state index in [1.807, 2.05) is 22.8 Å². The van der Waals surface area contributed by atoms with Crippen LogP contribution in [0.4, 0.5) is 4.39 Å². The van der Waals surface area contributed by atoms with Crippen molar-refractivity contribution in [3.05, 3.63) is 47.3 Å². The van der Waals surface area contributed by atoms with E-state index in [9.17, 15) is 9.18 Å². The molecular formula is C20H24FN3O3. The Morgan fingerprint density at radius 2 is 2.15 bits per heavy atom. The third kappa shape index (κ3) is 3.00. The fraction of sp³-hybridized carbons (Fsp3) is 0.500. The molecule has 6 nitrogen and oxygen atoms in total. The van der Waals surface area contributed by atoms with Crippen LogP contribution in [0.15, 0.2) is 24.5 Å². The highest BCUT2D eigenvalue weighted by molar-refractivity contribution is 5.81. The van der Waals surface area contributed by atoms with E-state index in [4.69, 9.17) is 9.47 Å². The number of nitrogens with zero attached hydrogens (tertiary/aromatic N) is 3. The molecule has 0 radical (unpaired) electrons. The Morgan fingerprint density at radius 1 is 1.37 bits per heavy atom. The van der Waals surface area contributed by atoms with Crippen molar-refractivity contribution in [3.8, 4) is 5.75 Å². The highest BCUT2D eigenvalue weighted by atomic mass is 19.1. The monoisotopic (exact) mass is 373 g/mol. The van der Waals surface area contributed by atoms with E-state index in [-0.39, 0.29) is 18.1 Å². The van der Waals surface area contributed by atoms with Gasteiger partial charge in [0, 0.05) is 44.5 Å². The number of benzene rings is 1. The molecule has 1 aromatic carbocycles. The Kier molecular flexibility index (Phi) is 4.63. The maximum Gasteiger partial charge on any atom is 0.227 e. The van der Waals surface area contributed by atoms with E-state index >= 15 is 0 Å². The topological polar surface area (TPSA) is 56.6 Å². The van der Waals surface area contributed by atoms with Crippen LogP contribution >= 0.6 is 0 Å². The normalized spacial score (nSPS) is 18.4. The number of amides is 1. The number of carbonyl (C=O) groups is 1. The molecule has 0 N–H and O–H groups in total. The molecule has 1 spiro atoms. The van der Waals surface area contributed by atoms with E-state index in [1.54, 1.807) is 6.07 Å². The van der Waals surface area contributed by atoms with Gasteiger partial charge in [0.1, 0.15) is 11.6 Å². The van der Waals surface area contributed by atoms with Crippen LogP contribution in [0, 0.1) is 5.82 Å². The summed E-state index contributed by atoms with van der Waals surface area (Å²) < 4.78 is 26.6. The first-order valence-electron chi connectivity index (χ1n) is 9.26. The van der Waals surface area contributed by atoms with Crippen molar-refractivity contribution in [2.45, 2.75) is 31.2 Å². The standard InChI is InChI=1S/C20H24FN3O3/c1-23-13-22-19-16(23)5-8-24(20(19)6-9-27-10-7-20)18(25)12-14-11-15(21)3-4-17(14)26-2/h3-4,11,13H,5-10,12H2,1-2H3. The van der Waals surface area contributed by atoms with Crippen LogP contribution in [0.3, 0.4) is 0 Å². The summed E-state index contributed by atoms with van der Waals surface area (Å²) in [5.41, 5.74) is 2.30. The fourth-order valence-corrected chi connectivity index (χ4v) is 4.42. The molecule has 4 rings (SSSR count). The van der Waals surface area contributed by atoms with Crippen molar-refractivity contribution >= 4 is 5.91 Å². The van der Waals surface area contributed by atoms with E-state index < -0.39 is 5.54 Å². The summed E-state index contributed by atoms with van der Waals surface area (Å²) in [7, 11) is 3.52. The van der Waals surface area contributed by atoms with Crippen LogP contribution in [0.5, 0.6) is 5.75 Å². The second-order valence-electron chi connectivity index (χ2n) is 7.22. The third-order valence-corrected chi connectivity index (χ3v) is 5.79. The second-order valence-corrected chi connectivity index (χ2v) is 7.22. The smallest absolute Gasteiger partial charge is 0.227 e. The van der Waals surface area contributed by atoms with Crippen molar-refractivity contribution in [2.24, 2.45) is 7.05 Å². The predicted molar refractivity (Wildman–Crippen MR) is 97.0 cm³/mol. The van der Waals surface area contributed by atoms with Gasteiger partial charge in [-0.2, -0.15) is 0 Å². The zero-order valence-corrected chi connectivity index (χ0v) is 15.7. The van der Waals surface area contributed by atoms with Crippen LogP contribution in [0.25, 0.3) is 0 Å². The lowest BCUT2D eigenvalue weighted by Gasteiger charge is -2.48. The van der Waals surface area contributed by atoms with Gasteiger partial charge in [0.15, 0.2) is 0 Å². The number of rotatable bonds is 3. The summed E-state index contributed by atoms with van der Waals surface area (Å²) in [5.74, 6) is 0.128. The molecule has 0 aliphatic carbocycles. The molecule has 2 aliphatic heterocycles. The first kappa shape index (κ1) is 18.0. The minimum absolute atomic E-state index is 0.0305. The van der Waals surface area contributed by atoms with Gasteiger partial charge in [-0.15, -0.1) is 0 Å². The van der Waals surface area contributed by atoms with Gasteiger partial charge in [0.2, 0.25) is 5.91 Å². The van der Waals surface area contributed by atoms with Crippen LogP contribution in [0.1, 0.15) is 29.8 Å². The predicted octanol–water partition coefficient (Wildman–Crippen LogP) is 2.20. The van der Waals surface area contributed by atoms with Gasteiger partial charge in [0.05, 0.1) is 31.1 Å². The van der Waals surface area contributed by atoms with Gasteiger partial charge in [-0.3, -0.25) is 4.79 Å². The Labute approximate surface area is 157 Å². The molecular weight excluding hydrogens is 349 g/mol. The van der Waals surface area contributed by atoms with Gasteiger partial charge >= 0.3 is 0 Å². The number of methoxy groups -OCH3 is 1. The molecule has 144 valence electrons. The highest BCUT2D eigenvalue weighted by Crippen LogP contribution is 2.42. The Balaban J connectivity index is 1.68. The van der Waals surface area contributed by atoms with Crippen LogP contribution in [-0.4, -0.2) is 47.2 Å². The Morgan fingerprint density at radius 3 is 2.89 bits per heavy atom.